The van der Waals surface area contributed by atoms with Gasteiger partial charge in [0.25, 0.3) is 7.82 Å². The van der Waals surface area contributed by atoms with Crippen LogP contribution in [-0.4, -0.2) is 70.0 Å². The van der Waals surface area contributed by atoms with Gasteiger partial charge in [0.2, 0.25) is 0 Å². The molecule has 0 spiro atoms. The zero-order valence-corrected chi connectivity index (χ0v) is 44.4. The zero-order chi connectivity index (χ0) is 49.9. The monoisotopic (exact) mass is 966 g/mol. The minimum absolute atomic E-state index is 0.0458. The summed E-state index contributed by atoms with van der Waals surface area (Å²) < 4.78 is 34.0. The van der Waals surface area contributed by atoms with E-state index in [2.05, 4.69) is 135 Å². The van der Waals surface area contributed by atoms with Gasteiger partial charge in [-0.15, -0.1) is 0 Å². The molecule has 0 rings (SSSR count). The number of phosphoric acid groups is 1. The van der Waals surface area contributed by atoms with Crippen molar-refractivity contribution < 1.29 is 42.1 Å². The molecule has 0 aromatic carbocycles. The van der Waals surface area contributed by atoms with Crippen LogP contribution in [0.4, 0.5) is 0 Å². The van der Waals surface area contributed by atoms with E-state index in [1.807, 2.05) is 21.1 Å². The van der Waals surface area contributed by atoms with Crippen LogP contribution in [0.5, 0.6) is 0 Å². The van der Waals surface area contributed by atoms with Crippen molar-refractivity contribution in [3.8, 4) is 0 Å². The van der Waals surface area contributed by atoms with Crippen molar-refractivity contribution in [1.29, 1.82) is 0 Å². The van der Waals surface area contributed by atoms with Crippen LogP contribution >= 0.6 is 7.82 Å². The number of ether oxygens (including phenoxy) is 2. The summed E-state index contributed by atoms with van der Waals surface area (Å²) in [6, 6.07) is 0. The van der Waals surface area contributed by atoms with Gasteiger partial charge in [0.15, 0.2) is 6.10 Å². The summed E-state index contributed by atoms with van der Waals surface area (Å²) in [7, 11) is 1.12. The molecule has 68 heavy (non-hydrogen) atoms. The van der Waals surface area contributed by atoms with Crippen LogP contribution in [-0.2, 0) is 32.7 Å². The topological polar surface area (TPSA) is 111 Å². The average Bonchev–Trinajstić information content (AvgIpc) is 3.30. The third-order valence-electron chi connectivity index (χ3n) is 10.5. The highest BCUT2D eigenvalue weighted by Gasteiger charge is 2.21. The number of rotatable bonds is 46. The van der Waals surface area contributed by atoms with E-state index in [1.165, 1.54) is 25.7 Å². The largest absolute Gasteiger partial charge is 0.756 e. The number of phosphoric ester groups is 1. The number of carbonyl (C=O) groups is 2. The number of quaternary nitrogens is 1. The Balaban J connectivity index is 4.33. The van der Waals surface area contributed by atoms with Gasteiger partial charge in [0.05, 0.1) is 27.7 Å². The van der Waals surface area contributed by atoms with Crippen LogP contribution in [0.1, 0.15) is 181 Å². The lowest BCUT2D eigenvalue weighted by Gasteiger charge is -2.28. The van der Waals surface area contributed by atoms with E-state index in [4.69, 9.17) is 18.5 Å². The fraction of sp³-hybridized carbons (Fsp3) is 0.621. The second-order valence-electron chi connectivity index (χ2n) is 18.1. The quantitative estimate of drug-likeness (QED) is 0.0195. The fourth-order valence-electron chi connectivity index (χ4n) is 6.40. The Labute approximate surface area is 416 Å². The summed E-state index contributed by atoms with van der Waals surface area (Å²) in [6.45, 7) is 4.02. The smallest absolute Gasteiger partial charge is 0.306 e. The molecule has 0 amide bonds. The van der Waals surface area contributed by atoms with Crippen LogP contribution < -0.4 is 4.89 Å². The number of carbonyl (C=O) groups excluding carboxylic acids is 2. The number of likely N-dealkylation sites (N-methyl/N-ethyl adjacent to an activating group) is 1. The maximum Gasteiger partial charge on any atom is 0.306 e. The van der Waals surface area contributed by atoms with E-state index < -0.39 is 32.5 Å². The highest BCUT2D eigenvalue weighted by atomic mass is 31.2. The molecular weight excluding hydrogens is 870 g/mol. The third-order valence-corrected chi connectivity index (χ3v) is 11.4. The number of unbranched alkanes of at least 4 members (excludes halogenated alkanes) is 12. The molecule has 2 atom stereocenters. The predicted molar refractivity (Wildman–Crippen MR) is 286 cm³/mol. The zero-order valence-electron chi connectivity index (χ0n) is 43.5. The molecule has 10 heteroatoms. The van der Waals surface area contributed by atoms with Gasteiger partial charge in [-0.3, -0.25) is 14.2 Å². The first-order chi connectivity index (χ1) is 33.0. The fourth-order valence-corrected chi connectivity index (χ4v) is 7.13. The molecule has 0 N–H and O–H groups in total. The first kappa shape index (κ1) is 64.4. The molecule has 0 aromatic heterocycles. The van der Waals surface area contributed by atoms with Gasteiger partial charge in [-0.1, -0.05) is 180 Å². The Morgan fingerprint density at radius 3 is 1.25 bits per heavy atom. The molecule has 0 aromatic rings. The second kappa shape index (κ2) is 48.4. The van der Waals surface area contributed by atoms with Gasteiger partial charge in [-0.2, -0.15) is 0 Å². The number of hydrogen-bond acceptors (Lipinski definition) is 8. The van der Waals surface area contributed by atoms with E-state index in [-0.39, 0.29) is 26.1 Å². The standard InChI is InChI=1S/C58H96NO8P/c1-6-8-10-12-14-16-18-20-22-23-24-25-26-27-28-29-30-31-32-33-34-35-37-39-41-43-45-47-49-51-58(61)67-56(55-66-68(62,63)65-53-52-59(3,4)5)54-64-57(60)50-48-46-44-42-40-38-36-21-19-17-15-13-11-9-7-2/h8,10,14-17,20-22,24-25,27-28,30-31,33-34,36-37,39,56H,6-7,9,11-13,18-19,23,26,29,32,35,38,40-55H2,1-5H3/b10-8-,16-14-,17-15-,22-20-,25-24-,28-27-,31-30-,34-33-,36-21-,39-37-. The molecule has 386 valence electrons. The van der Waals surface area contributed by atoms with Crippen LogP contribution in [0.2, 0.25) is 0 Å². The summed E-state index contributed by atoms with van der Waals surface area (Å²) in [6.07, 6.45) is 68.0. The third kappa shape index (κ3) is 51.8. The van der Waals surface area contributed by atoms with Gasteiger partial charge < -0.3 is 27.9 Å². The summed E-state index contributed by atoms with van der Waals surface area (Å²) >= 11 is 0. The number of esters is 2. The molecule has 0 aliphatic rings. The van der Waals surface area contributed by atoms with Crippen LogP contribution in [0, 0.1) is 0 Å². The molecule has 9 nitrogen and oxygen atoms in total. The average molecular weight is 966 g/mol. The first-order valence-electron chi connectivity index (χ1n) is 26.2. The van der Waals surface area contributed by atoms with Gasteiger partial charge in [-0.25, -0.2) is 0 Å². The van der Waals surface area contributed by atoms with E-state index >= 15 is 0 Å². The molecule has 0 fully saturated rings. The molecule has 2 unspecified atom stereocenters. The van der Waals surface area contributed by atoms with Crippen molar-refractivity contribution in [3.63, 3.8) is 0 Å². The Kier molecular flexibility index (Phi) is 45.9. The molecule has 0 aliphatic carbocycles. The minimum atomic E-state index is -4.65. The predicted octanol–water partition coefficient (Wildman–Crippen LogP) is 15.4. The number of allylic oxidation sites excluding steroid dienone is 20. The van der Waals surface area contributed by atoms with Crippen molar-refractivity contribution in [2.45, 2.75) is 187 Å². The summed E-state index contributed by atoms with van der Waals surface area (Å²) in [5.74, 6) is -0.891. The summed E-state index contributed by atoms with van der Waals surface area (Å²) in [4.78, 5) is 37.7. The van der Waals surface area contributed by atoms with Gasteiger partial charge in [0.1, 0.15) is 19.8 Å². The van der Waals surface area contributed by atoms with E-state index in [1.54, 1.807) is 0 Å². The first-order valence-corrected chi connectivity index (χ1v) is 27.7. The highest BCUT2D eigenvalue weighted by molar-refractivity contribution is 7.45. The Morgan fingerprint density at radius 2 is 0.838 bits per heavy atom. The van der Waals surface area contributed by atoms with Crippen molar-refractivity contribution in [2.24, 2.45) is 0 Å². The summed E-state index contributed by atoms with van der Waals surface area (Å²) in [5, 5.41) is 0. The lowest BCUT2D eigenvalue weighted by atomic mass is 10.1. The van der Waals surface area contributed by atoms with Crippen LogP contribution in [0.3, 0.4) is 0 Å². The van der Waals surface area contributed by atoms with Gasteiger partial charge in [0, 0.05) is 12.8 Å². The molecule has 0 saturated heterocycles. The molecule has 0 radical (unpaired) electrons. The molecule has 0 aliphatic heterocycles. The Hall–Kier alpha value is -3.59. The molecule has 0 saturated carbocycles. The van der Waals surface area contributed by atoms with Crippen molar-refractivity contribution in [1.82, 2.24) is 0 Å². The Bertz CT molecular complexity index is 1560. The van der Waals surface area contributed by atoms with Gasteiger partial charge >= 0.3 is 11.9 Å². The lowest BCUT2D eigenvalue weighted by molar-refractivity contribution is -0.870. The maximum absolute atomic E-state index is 12.7. The van der Waals surface area contributed by atoms with E-state index in [9.17, 15) is 19.0 Å². The molecular formula is C58H96NO8P. The SMILES string of the molecule is CC/C=C\C/C=C\C/C=C\C/C=C\C/C=C\C/C=C\C/C=C\C/C=C\CCCCCCC(=O)OC(COC(=O)CCCCCCC/C=C\C/C=C\CCCCC)COP(=O)([O-])OCC[N+](C)(C)C. The van der Waals surface area contributed by atoms with Crippen molar-refractivity contribution in [2.75, 3.05) is 47.5 Å². The van der Waals surface area contributed by atoms with Crippen LogP contribution in [0.25, 0.3) is 0 Å². The molecule has 0 bridgehead atoms. The van der Waals surface area contributed by atoms with E-state index in [0.717, 1.165) is 116 Å². The minimum Gasteiger partial charge on any atom is -0.756 e. The Morgan fingerprint density at radius 1 is 0.471 bits per heavy atom. The van der Waals surface area contributed by atoms with Crippen molar-refractivity contribution in [3.05, 3.63) is 122 Å². The highest BCUT2D eigenvalue weighted by Crippen LogP contribution is 2.38. The maximum atomic E-state index is 12.7. The number of hydrogen-bond donors (Lipinski definition) is 0. The second-order valence-corrected chi connectivity index (χ2v) is 19.6. The molecule has 0 heterocycles. The normalized spacial score (nSPS) is 14.4. The van der Waals surface area contributed by atoms with E-state index in [0.29, 0.717) is 23.9 Å². The van der Waals surface area contributed by atoms with Gasteiger partial charge in [-0.05, 0) is 109 Å². The lowest BCUT2D eigenvalue weighted by Crippen LogP contribution is -2.37. The van der Waals surface area contributed by atoms with Crippen molar-refractivity contribution >= 4 is 19.8 Å². The summed E-state index contributed by atoms with van der Waals surface area (Å²) in [5.41, 5.74) is 0. The van der Waals surface area contributed by atoms with Crippen LogP contribution in [0.15, 0.2) is 122 Å². The number of nitrogens with zero attached hydrogens (tertiary/aromatic N) is 1.